The molecular weight excluding hydrogens is 431 g/mol. The lowest BCUT2D eigenvalue weighted by Crippen LogP contribution is -2.51. The second kappa shape index (κ2) is 8.53. The van der Waals surface area contributed by atoms with Crippen molar-refractivity contribution in [2.45, 2.75) is 30.6 Å². The maximum atomic E-state index is 13.4. The molecule has 0 radical (unpaired) electrons. The lowest BCUT2D eigenvalue weighted by molar-refractivity contribution is -0.135. The lowest BCUT2D eigenvalue weighted by atomic mass is 9.98. The minimum atomic E-state index is -3.46. The molecule has 1 aromatic carbocycles. The average Bonchev–Trinajstić information content (AvgIpc) is 3.59. The van der Waals surface area contributed by atoms with Crippen molar-refractivity contribution in [2.24, 2.45) is 5.92 Å². The van der Waals surface area contributed by atoms with Crippen molar-refractivity contribution in [3.8, 4) is 0 Å². The monoisotopic (exact) mass is 458 g/mol. The number of piperazine rings is 1. The fraction of sp³-hybridized carbons (Fsp3) is 0.478. The third-order valence-corrected chi connectivity index (χ3v) is 9.07. The number of carbonyl (C=O) groups excluding carboxylic acids is 1. The van der Waals surface area contributed by atoms with Crippen LogP contribution in [0.3, 0.4) is 0 Å². The largest absolute Gasteiger partial charge is 0.597 e. The van der Waals surface area contributed by atoms with Gasteiger partial charge in [-0.25, -0.2) is 9.37 Å². The van der Waals surface area contributed by atoms with Crippen molar-refractivity contribution < 1.29 is 17.9 Å². The molecule has 3 heterocycles. The van der Waals surface area contributed by atoms with Crippen molar-refractivity contribution >= 4 is 22.1 Å². The molecule has 1 unspecified atom stereocenters. The number of pyridine rings is 1. The van der Waals surface area contributed by atoms with Gasteiger partial charge in [0.1, 0.15) is 27.3 Å². The number of nitrogens with zero attached hydrogens (tertiary/aromatic N) is 4. The minimum Gasteiger partial charge on any atom is -0.597 e. The van der Waals surface area contributed by atoms with E-state index in [-0.39, 0.29) is 29.4 Å². The number of anilines is 1. The molecule has 3 fully saturated rings. The highest BCUT2D eigenvalue weighted by Gasteiger charge is 2.53. The maximum Gasteiger partial charge on any atom is 0.227 e. The van der Waals surface area contributed by atoms with Gasteiger partial charge in [-0.3, -0.25) is 4.79 Å². The Balaban J connectivity index is 1.30. The van der Waals surface area contributed by atoms with E-state index in [2.05, 4.69) is 9.88 Å². The second-order valence-electron chi connectivity index (χ2n) is 8.81. The Morgan fingerprint density at radius 3 is 2.41 bits per heavy atom. The van der Waals surface area contributed by atoms with Crippen LogP contribution in [0.15, 0.2) is 48.7 Å². The topological polar surface area (TPSA) is 79.8 Å². The summed E-state index contributed by atoms with van der Waals surface area (Å²) in [6.07, 6.45) is 3.53. The van der Waals surface area contributed by atoms with Crippen LogP contribution in [0, 0.1) is 11.7 Å². The molecule has 2 saturated heterocycles. The number of rotatable bonds is 5. The van der Waals surface area contributed by atoms with Gasteiger partial charge in [-0.2, -0.15) is 0 Å². The van der Waals surface area contributed by atoms with E-state index in [1.54, 1.807) is 18.3 Å². The van der Waals surface area contributed by atoms with E-state index in [1.165, 1.54) is 16.4 Å². The summed E-state index contributed by atoms with van der Waals surface area (Å²) in [7, 11) is -3.46. The summed E-state index contributed by atoms with van der Waals surface area (Å²) >= 11 is 0. The molecular formula is C23H27FN4O3S. The Bertz CT molecular complexity index is 1010. The molecule has 1 aliphatic carbocycles. The smallest absolute Gasteiger partial charge is 0.227 e. The van der Waals surface area contributed by atoms with E-state index >= 15 is 0 Å². The minimum absolute atomic E-state index is 0.00581. The first-order valence-corrected chi connectivity index (χ1v) is 12.6. The number of hydrogen-bond donors (Lipinski definition) is 0. The number of hydrogen-bond acceptors (Lipinski definition) is 5. The second-order valence-corrected chi connectivity index (χ2v) is 11.0. The third-order valence-electron chi connectivity index (χ3n) is 6.70. The fourth-order valence-electron chi connectivity index (χ4n) is 4.77. The normalized spacial score (nSPS) is 26.2. The molecule has 3 atom stereocenters. The number of benzene rings is 1. The van der Waals surface area contributed by atoms with Crippen molar-refractivity contribution in [2.75, 3.05) is 37.6 Å². The van der Waals surface area contributed by atoms with Crippen LogP contribution in [0.2, 0.25) is 0 Å². The molecule has 0 spiro atoms. The van der Waals surface area contributed by atoms with E-state index in [4.69, 9.17) is 0 Å². The molecule has 2 aliphatic heterocycles. The van der Waals surface area contributed by atoms with Gasteiger partial charge in [0.05, 0.1) is 18.5 Å². The average molecular weight is 459 g/mol. The zero-order valence-corrected chi connectivity index (χ0v) is 18.6. The quantitative estimate of drug-likeness (QED) is 0.644. The van der Waals surface area contributed by atoms with Crippen LogP contribution in [0.1, 0.15) is 30.9 Å². The Kier molecular flexibility index (Phi) is 5.73. The predicted molar refractivity (Wildman–Crippen MR) is 119 cm³/mol. The first kappa shape index (κ1) is 21.5. The van der Waals surface area contributed by atoms with Gasteiger partial charge in [0.15, 0.2) is 0 Å². The maximum absolute atomic E-state index is 13.4. The summed E-state index contributed by atoms with van der Waals surface area (Å²) in [5, 5.41) is -0.346. The van der Waals surface area contributed by atoms with Crippen LogP contribution in [-0.2, 0) is 19.4 Å². The summed E-state index contributed by atoms with van der Waals surface area (Å²) in [5.41, 5.74) is 0.742. The Hall–Kier alpha value is -2.36. The van der Waals surface area contributed by atoms with Gasteiger partial charge in [-0.15, -0.1) is 4.31 Å². The first-order chi connectivity index (χ1) is 15.4. The Labute approximate surface area is 188 Å². The Morgan fingerprint density at radius 1 is 1.06 bits per heavy atom. The van der Waals surface area contributed by atoms with Crippen molar-refractivity contribution in [1.29, 1.82) is 0 Å². The number of sulfonamides is 1. The number of amides is 1. The van der Waals surface area contributed by atoms with E-state index in [9.17, 15) is 17.9 Å². The van der Waals surface area contributed by atoms with Crippen molar-refractivity contribution in [3.05, 3.63) is 60.0 Å². The van der Waals surface area contributed by atoms with E-state index in [0.29, 0.717) is 45.4 Å². The predicted octanol–water partition coefficient (Wildman–Crippen LogP) is 2.64. The standard InChI is InChI=1S/C23H27FN4O3S/c24-19-6-4-17(5-7-19)21-15-18(16-28(21)32(30,31)20-8-9-20)23(29)27-13-11-26(12-14-27)22-3-1-2-10-25-22/h1-7,10,18,20-21H,8-9,11-16H2/t18-,21-/m1/s1. The van der Waals surface area contributed by atoms with E-state index < -0.39 is 16.4 Å². The molecule has 1 saturated carbocycles. The number of aromatic nitrogens is 1. The van der Waals surface area contributed by atoms with Crippen LogP contribution >= 0.6 is 0 Å². The molecule has 7 nitrogen and oxygen atoms in total. The van der Waals surface area contributed by atoms with Gasteiger partial charge < -0.3 is 14.4 Å². The fourth-order valence-corrected chi connectivity index (χ4v) is 6.83. The molecule has 9 heteroatoms. The molecule has 1 amide bonds. The zero-order chi connectivity index (χ0) is 22.3. The summed E-state index contributed by atoms with van der Waals surface area (Å²) in [6.45, 7) is 2.76. The molecule has 2 aromatic rings. The molecule has 3 aliphatic rings. The molecule has 5 rings (SSSR count). The van der Waals surface area contributed by atoms with Crippen molar-refractivity contribution in [1.82, 2.24) is 14.2 Å². The molecule has 0 bridgehead atoms. The highest BCUT2D eigenvalue weighted by Crippen LogP contribution is 2.45. The van der Waals surface area contributed by atoms with Crippen LogP contribution < -0.4 is 4.90 Å². The molecule has 170 valence electrons. The SMILES string of the molecule is O=C([C@@H]1C[C@H](c2ccc(F)cc2)N([S+](=O)([O-])C2CC2)C1)N1CCN(c2ccccn2)CC1. The highest BCUT2D eigenvalue weighted by atomic mass is 32.3. The summed E-state index contributed by atoms with van der Waals surface area (Å²) in [5.74, 6) is 0.159. The highest BCUT2D eigenvalue weighted by molar-refractivity contribution is 7.96. The molecule has 32 heavy (non-hydrogen) atoms. The van der Waals surface area contributed by atoms with Gasteiger partial charge >= 0.3 is 0 Å². The van der Waals surface area contributed by atoms with E-state index in [1.807, 2.05) is 23.1 Å². The number of carbonyl (C=O) groups is 1. The van der Waals surface area contributed by atoms with Crippen LogP contribution in [-0.4, -0.2) is 62.6 Å². The molecule has 1 aromatic heterocycles. The lowest BCUT2D eigenvalue weighted by Gasteiger charge is -2.36. The zero-order valence-electron chi connectivity index (χ0n) is 17.8. The van der Waals surface area contributed by atoms with Gasteiger partial charge in [0.2, 0.25) is 5.91 Å². The first-order valence-electron chi connectivity index (χ1n) is 11.1. The van der Waals surface area contributed by atoms with E-state index in [0.717, 1.165) is 11.4 Å². The van der Waals surface area contributed by atoms with Crippen molar-refractivity contribution in [3.63, 3.8) is 0 Å². The van der Waals surface area contributed by atoms with Gasteiger partial charge in [-0.1, -0.05) is 22.4 Å². The van der Waals surface area contributed by atoms with Crippen LogP contribution in [0.5, 0.6) is 0 Å². The number of halogens is 1. The summed E-state index contributed by atoms with van der Waals surface area (Å²) < 4.78 is 41.2. The summed E-state index contributed by atoms with van der Waals surface area (Å²) in [4.78, 5) is 21.7. The molecule has 0 N–H and O–H groups in total. The van der Waals surface area contributed by atoms with Gasteiger partial charge in [-0.05, 0) is 36.2 Å². The third kappa shape index (κ3) is 4.16. The van der Waals surface area contributed by atoms with Crippen LogP contribution in [0.25, 0.3) is 0 Å². The van der Waals surface area contributed by atoms with Crippen LogP contribution in [0.4, 0.5) is 10.2 Å². The summed E-state index contributed by atoms with van der Waals surface area (Å²) in [6, 6.07) is 11.3. The van der Waals surface area contributed by atoms with Gasteiger partial charge in [0.25, 0.3) is 0 Å². The van der Waals surface area contributed by atoms with Gasteiger partial charge in [0, 0.05) is 45.2 Å². The Morgan fingerprint density at radius 2 is 1.78 bits per heavy atom.